The van der Waals surface area contributed by atoms with Crippen molar-refractivity contribution in [1.82, 2.24) is 5.32 Å². The van der Waals surface area contributed by atoms with E-state index >= 15 is 0 Å². The van der Waals surface area contributed by atoms with Gasteiger partial charge in [-0.15, -0.1) is 0 Å². The first-order valence-corrected chi connectivity index (χ1v) is 5.81. The summed E-state index contributed by atoms with van der Waals surface area (Å²) >= 11 is 0. The molecule has 1 atom stereocenters. The molecule has 0 bridgehead atoms. The van der Waals surface area contributed by atoms with Gasteiger partial charge < -0.3 is 14.8 Å². The topological polar surface area (TPSA) is 47.6 Å². The van der Waals surface area contributed by atoms with Gasteiger partial charge in [0.15, 0.2) is 0 Å². The molecule has 1 aliphatic heterocycles. The van der Waals surface area contributed by atoms with Gasteiger partial charge >= 0.3 is 5.97 Å². The Morgan fingerprint density at radius 3 is 2.76 bits per heavy atom. The Bertz CT molecular complexity index is 369. The molecule has 17 heavy (non-hydrogen) atoms. The third-order valence-electron chi connectivity index (χ3n) is 2.82. The summed E-state index contributed by atoms with van der Waals surface area (Å²) in [6.45, 7) is 1.93. The average Bonchev–Trinajstić information content (AvgIpc) is 2.84. The molecule has 1 heterocycles. The number of carbonyl (C=O) groups is 1. The standard InChI is InChI=1S/C13H17NO3/c1-16-13(15)8-10-2-4-11(5-3-10)17-12-6-7-14-9-12/h2-5,12,14H,6-9H2,1H3/t12-/m0/s1. The van der Waals surface area contributed by atoms with Crippen LogP contribution in [-0.2, 0) is 16.0 Å². The van der Waals surface area contributed by atoms with Crippen LogP contribution in [-0.4, -0.2) is 32.3 Å². The summed E-state index contributed by atoms with van der Waals surface area (Å²) < 4.78 is 10.4. The molecule has 1 fully saturated rings. The van der Waals surface area contributed by atoms with E-state index in [0.717, 1.165) is 30.8 Å². The lowest BCUT2D eigenvalue weighted by Crippen LogP contribution is -2.19. The van der Waals surface area contributed by atoms with Gasteiger partial charge in [0.2, 0.25) is 0 Å². The van der Waals surface area contributed by atoms with Crippen molar-refractivity contribution in [2.45, 2.75) is 18.9 Å². The minimum Gasteiger partial charge on any atom is -0.489 e. The zero-order valence-corrected chi connectivity index (χ0v) is 9.94. The smallest absolute Gasteiger partial charge is 0.309 e. The van der Waals surface area contributed by atoms with Gasteiger partial charge in [-0.25, -0.2) is 0 Å². The number of benzene rings is 1. The zero-order valence-electron chi connectivity index (χ0n) is 9.94. The fraction of sp³-hybridized carbons (Fsp3) is 0.462. The van der Waals surface area contributed by atoms with Crippen LogP contribution in [0.2, 0.25) is 0 Å². The van der Waals surface area contributed by atoms with E-state index in [1.54, 1.807) is 0 Å². The second-order valence-electron chi connectivity index (χ2n) is 4.13. The highest BCUT2D eigenvalue weighted by Crippen LogP contribution is 2.16. The van der Waals surface area contributed by atoms with Gasteiger partial charge in [-0.3, -0.25) is 4.79 Å². The lowest BCUT2D eigenvalue weighted by molar-refractivity contribution is -0.139. The number of carbonyl (C=O) groups excluding carboxylic acids is 1. The Morgan fingerprint density at radius 1 is 1.41 bits per heavy atom. The lowest BCUT2D eigenvalue weighted by Gasteiger charge is -2.12. The molecular formula is C13H17NO3. The number of rotatable bonds is 4. The Labute approximate surface area is 101 Å². The Morgan fingerprint density at radius 2 is 2.18 bits per heavy atom. The molecule has 0 radical (unpaired) electrons. The van der Waals surface area contributed by atoms with Gasteiger partial charge in [0.1, 0.15) is 11.9 Å². The van der Waals surface area contributed by atoms with Crippen molar-refractivity contribution < 1.29 is 14.3 Å². The van der Waals surface area contributed by atoms with Crippen LogP contribution in [0.1, 0.15) is 12.0 Å². The predicted octanol–water partition coefficient (Wildman–Crippen LogP) is 1.14. The maximum absolute atomic E-state index is 11.1. The first kappa shape index (κ1) is 11.9. The van der Waals surface area contributed by atoms with Crippen molar-refractivity contribution in [3.8, 4) is 5.75 Å². The highest BCUT2D eigenvalue weighted by atomic mass is 16.5. The highest BCUT2D eigenvalue weighted by molar-refractivity contribution is 5.72. The summed E-state index contributed by atoms with van der Waals surface area (Å²) in [5.74, 6) is 0.631. The van der Waals surface area contributed by atoms with Crippen molar-refractivity contribution in [3.05, 3.63) is 29.8 Å². The number of esters is 1. The Kier molecular flexibility index (Phi) is 3.98. The van der Waals surface area contributed by atoms with Crippen molar-refractivity contribution in [1.29, 1.82) is 0 Å². The molecule has 0 unspecified atom stereocenters. The van der Waals surface area contributed by atoms with Gasteiger partial charge in [0.25, 0.3) is 0 Å². The maximum Gasteiger partial charge on any atom is 0.309 e. The Balaban J connectivity index is 1.90. The van der Waals surface area contributed by atoms with Crippen molar-refractivity contribution in [3.63, 3.8) is 0 Å². The van der Waals surface area contributed by atoms with E-state index in [0.29, 0.717) is 6.42 Å². The summed E-state index contributed by atoms with van der Waals surface area (Å²) in [5, 5.41) is 3.25. The molecule has 0 saturated carbocycles. The van der Waals surface area contributed by atoms with Gasteiger partial charge in [0, 0.05) is 6.54 Å². The third kappa shape index (κ3) is 3.46. The molecule has 1 aromatic rings. The van der Waals surface area contributed by atoms with Crippen LogP contribution in [0.4, 0.5) is 0 Å². The predicted molar refractivity (Wildman–Crippen MR) is 64.1 cm³/mol. The molecule has 1 saturated heterocycles. The summed E-state index contributed by atoms with van der Waals surface area (Å²) in [4.78, 5) is 11.1. The first-order valence-electron chi connectivity index (χ1n) is 5.81. The molecule has 92 valence electrons. The van der Waals surface area contributed by atoms with Crippen LogP contribution < -0.4 is 10.1 Å². The minimum absolute atomic E-state index is 0.223. The maximum atomic E-state index is 11.1. The fourth-order valence-electron chi connectivity index (χ4n) is 1.85. The summed E-state index contributed by atoms with van der Waals surface area (Å²) in [7, 11) is 1.40. The van der Waals surface area contributed by atoms with E-state index in [2.05, 4.69) is 10.1 Å². The summed E-state index contributed by atoms with van der Waals surface area (Å²) in [6, 6.07) is 7.59. The van der Waals surface area contributed by atoms with Gasteiger partial charge in [0.05, 0.1) is 13.5 Å². The fourth-order valence-corrected chi connectivity index (χ4v) is 1.85. The van der Waals surface area contributed by atoms with Crippen molar-refractivity contribution >= 4 is 5.97 Å². The Hall–Kier alpha value is -1.55. The highest BCUT2D eigenvalue weighted by Gasteiger charge is 2.15. The van der Waals surface area contributed by atoms with Gasteiger partial charge in [-0.1, -0.05) is 12.1 Å². The van der Waals surface area contributed by atoms with Crippen LogP contribution >= 0.6 is 0 Å². The minimum atomic E-state index is -0.223. The average molecular weight is 235 g/mol. The van der Waals surface area contributed by atoms with Crippen LogP contribution in [0.3, 0.4) is 0 Å². The zero-order chi connectivity index (χ0) is 12.1. The molecule has 1 N–H and O–H groups in total. The van der Waals surface area contributed by atoms with Gasteiger partial charge in [-0.05, 0) is 30.7 Å². The van der Waals surface area contributed by atoms with E-state index in [1.165, 1.54) is 7.11 Å². The van der Waals surface area contributed by atoms with Gasteiger partial charge in [-0.2, -0.15) is 0 Å². The number of ether oxygens (including phenoxy) is 2. The third-order valence-corrected chi connectivity index (χ3v) is 2.82. The molecule has 1 aromatic carbocycles. The second-order valence-corrected chi connectivity index (χ2v) is 4.13. The SMILES string of the molecule is COC(=O)Cc1ccc(O[C@H]2CCNC2)cc1. The molecule has 1 aliphatic rings. The van der Waals surface area contributed by atoms with E-state index in [-0.39, 0.29) is 12.1 Å². The molecular weight excluding hydrogens is 218 g/mol. The van der Waals surface area contributed by atoms with Crippen LogP contribution in [0.25, 0.3) is 0 Å². The van der Waals surface area contributed by atoms with E-state index in [9.17, 15) is 4.79 Å². The van der Waals surface area contributed by atoms with Crippen LogP contribution in [0.5, 0.6) is 5.75 Å². The number of methoxy groups -OCH3 is 1. The quantitative estimate of drug-likeness (QED) is 0.795. The monoisotopic (exact) mass is 235 g/mol. The molecule has 0 aromatic heterocycles. The number of nitrogens with one attached hydrogen (secondary N) is 1. The van der Waals surface area contributed by atoms with Crippen LogP contribution in [0, 0.1) is 0 Å². The van der Waals surface area contributed by atoms with Crippen molar-refractivity contribution in [2.75, 3.05) is 20.2 Å². The molecule has 4 nitrogen and oxygen atoms in total. The van der Waals surface area contributed by atoms with E-state index < -0.39 is 0 Å². The largest absolute Gasteiger partial charge is 0.489 e. The molecule has 2 rings (SSSR count). The summed E-state index contributed by atoms with van der Waals surface area (Å²) in [5.41, 5.74) is 0.939. The van der Waals surface area contributed by atoms with E-state index in [4.69, 9.17) is 4.74 Å². The second kappa shape index (κ2) is 5.68. The lowest BCUT2D eigenvalue weighted by atomic mass is 10.1. The molecule has 0 amide bonds. The summed E-state index contributed by atoms with van der Waals surface area (Å²) in [6.07, 6.45) is 1.62. The van der Waals surface area contributed by atoms with Crippen LogP contribution in [0.15, 0.2) is 24.3 Å². The molecule has 4 heteroatoms. The normalized spacial score (nSPS) is 19.0. The molecule has 0 aliphatic carbocycles. The first-order chi connectivity index (χ1) is 8.28. The molecule has 0 spiro atoms. The number of hydrogen-bond acceptors (Lipinski definition) is 4. The van der Waals surface area contributed by atoms with Crippen molar-refractivity contribution in [2.24, 2.45) is 0 Å². The number of hydrogen-bond donors (Lipinski definition) is 1. The van der Waals surface area contributed by atoms with E-state index in [1.807, 2.05) is 24.3 Å².